The van der Waals surface area contributed by atoms with E-state index in [1.54, 1.807) is 6.07 Å². The molecule has 9 rings (SSSR count). The minimum absolute atomic E-state index is 0.520. The van der Waals surface area contributed by atoms with E-state index in [1.165, 1.54) is 0 Å². The number of nitriles is 1. The van der Waals surface area contributed by atoms with Gasteiger partial charge in [0.2, 0.25) is 5.69 Å². The van der Waals surface area contributed by atoms with E-state index in [-0.39, 0.29) is 0 Å². The highest BCUT2D eigenvalue weighted by molar-refractivity contribution is 6.18. The molecule has 0 aliphatic carbocycles. The van der Waals surface area contributed by atoms with Crippen LogP contribution in [0.4, 0.5) is 5.69 Å². The van der Waals surface area contributed by atoms with Crippen molar-refractivity contribution in [1.29, 1.82) is 5.26 Å². The van der Waals surface area contributed by atoms with Gasteiger partial charge in [-0.25, -0.2) is 4.85 Å². The number of fused-ring (bicyclic) bond motifs is 9. The zero-order valence-electron chi connectivity index (χ0n) is 22.7. The molecule has 0 spiro atoms. The second-order valence-electron chi connectivity index (χ2n) is 10.8. The highest BCUT2D eigenvalue weighted by Crippen LogP contribution is 2.41. The third kappa shape index (κ3) is 3.19. The van der Waals surface area contributed by atoms with Crippen LogP contribution in [0.1, 0.15) is 5.56 Å². The van der Waals surface area contributed by atoms with Gasteiger partial charge in [-0.05, 0) is 54.6 Å². The maximum atomic E-state index is 9.56. The molecule has 0 atom stereocenters. The number of hydrogen-bond donors (Lipinski definition) is 0. The summed E-state index contributed by atoms with van der Waals surface area (Å²) in [5, 5.41) is 16.0. The Bertz CT molecular complexity index is 2710. The molecule has 3 heterocycles. The fourth-order valence-corrected chi connectivity index (χ4v) is 6.70. The normalized spacial score (nSPS) is 11.7. The molecule has 0 fully saturated rings. The molecule has 0 amide bonds. The number of rotatable bonds is 2. The van der Waals surface area contributed by atoms with Gasteiger partial charge in [0.1, 0.15) is 11.2 Å². The minimum Gasteiger partial charge on any atom is -0.467 e. The van der Waals surface area contributed by atoms with Gasteiger partial charge >= 0.3 is 0 Å². The average molecular weight is 549 g/mol. The highest BCUT2D eigenvalue weighted by atomic mass is 16.3. The lowest BCUT2D eigenvalue weighted by Gasteiger charge is -2.12. The topological polar surface area (TPSA) is 51.1 Å². The summed E-state index contributed by atoms with van der Waals surface area (Å²) in [7, 11) is 0. The molecule has 6 aromatic carbocycles. The highest BCUT2D eigenvalue weighted by Gasteiger charge is 2.18. The van der Waals surface area contributed by atoms with Gasteiger partial charge in [0.05, 0.1) is 40.3 Å². The Hall–Kier alpha value is -6.30. The van der Waals surface area contributed by atoms with Crippen LogP contribution in [-0.4, -0.2) is 9.13 Å². The van der Waals surface area contributed by atoms with Crippen molar-refractivity contribution in [3.05, 3.63) is 138 Å². The average Bonchev–Trinajstić information content (AvgIpc) is 3.70. The predicted molar refractivity (Wildman–Crippen MR) is 173 cm³/mol. The first-order chi connectivity index (χ1) is 21.2. The Morgan fingerprint density at radius 2 is 1.19 bits per heavy atom. The Labute approximate surface area is 245 Å². The molecule has 0 N–H and O–H groups in total. The van der Waals surface area contributed by atoms with Crippen molar-refractivity contribution in [3.8, 4) is 17.4 Å². The first kappa shape index (κ1) is 23.4. The van der Waals surface area contributed by atoms with Gasteiger partial charge in [-0.1, -0.05) is 60.7 Å². The molecule has 0 bridgehead atoms. The molecule has 43 heavy (non-hydrogen) atoms. The molecule has 0 aliphatic rings. The summed E-state index contributed by atoms with van der Waals surface area (Å²) in [5.41, 5.74) is 8.90. The van der Waals surface area contributed by atoms with Crippen LogP contribution in [0.25, 0.3) is 81.8 Å². The summed E-state index contributed by atoms with van der Waals surface area (Å²) in [4.78, 5) is 3.69. The SMILES string of the molecule is [C-]#[N+]c1cccc2c1oc1cc3c(cc12)c1ccccc1n3-c1cccc(-n2c3ccccc3c3cc(C#N)ccc32)c1. The molecule has 0 saturated carbocycles. The van der Waals surface area contributed by atoms with E-state index >= 15 is 0 Å². The van der Waals surface area contributed by atoms with Crippen LogP contribution < -0.4 is 0 Å². The van der Waals surface area contributed by atoms with Crippen molar-refractivity contribution in [2.75, 3.05) is 0 Å². The molecule has 198 valence electrons. The molecule has 0 unspecified atom stereocenters. The molecule has 0 aliphatic heterocycles. The van der Waals surface area contributed by atoms with Crippen molar-refractivity contribution in [3.63, 3.8) is 0 Å². The van der Waals surface area contributed by atoms with E-state index in [4.69, 9.17) is 11.0 Å². The molecular formula is C38H20N4O. The first-order valence-corrected chi connectivity index (χ1v) is 14.0. The number of nitrogens with zero attached hydrogens (tertiary/aromatic N) is 4. The standard InChI is InChI=1S/C38H20N4O/c1-40-32-13-7-12-28-31-20-30-27-11-3-5-15-34(27)42(36(30)21-37(31)43-38(28)32)25-9-6-8-24(19-25)41-33-14-4-2-10-26(33)29-18-23(22-39)16-17-35(29)41/h2-21H. The van der Waals surface area contributed by atoms with Crippen LogP contribution in [0.5, 0.6) is 0 Å². The quantitative estimate of drug-likeness (QED) is 0.202. The number of furan rings is 1. The van der Waals surface area contributed by atoms with E-state index in [1.807, 2.05) is 36.4 Å². The van der Waals surface area contributed by atoms with E-state index in [0.717, 1.165) is 71.3 Å². The zero-order valence-corrected chi connectivity index (χ0v) is 22.7. The largest absolute Gasteiger partial charge is 0.467 e. The van der Waals surface area contributed by atoms with Crippen molar-refractivity contribution >= 4 is 71.2 Å². The summed E-state index contributed by atoms with van der Waals surface area (Å²) in [6.07, 6.45) is 0. The summed E-state index contributed by atoms with van der Waals surface area (Å²) >= 11 is 0. The van der Waals surface area contributed by atoms with E-state index in [9.17, 15) is 5.26 Å². The summed E-state index contributed by atoms with van der Waals surface area (Å²) in [6, 6.07) is 43.6. The Morgan fingerprint density at radius 3 is 1.91 bits per heavy atom. The number of para-hydroxylation sites is 3. The third-order valence-corrected chi connectivity index (χ3v) is 8.54. The summed E-state index contributed by atoms with van der Waals surface area (Å²) in [5.74, 6) is 0. The molecule has 3 aromatic heterocycles. The smallest absolute Gasteiger partial charge is 0.229 e. The van der Waals surface area contributed by atoms with Gasteiger partial charge in [0.25, 0.3) is 0 Å². The van der Waals surface area contributed by atoms with Gasteiger partial charge in [-0.15, -0.1) is 0 Å². The number of aromatic nitrogens is 2. The van der Waals surface area contributed by atoms with E-state index < -0.39 is 0 Å². The van der Waals surface area contributed by atoms with E-state index in [2.05, 4.69) is 98.9 Å². The van der Waals surface area contributed by atoms with Crippen LogP contribution in [0, 0.1) is 17.9 Å². The number of hydrogen-bond acceptors (Lipinski definition) is 2. The van der Waals surface area contributed by atoms with Gasteiger partial charge in [-0.2, -0.15) is 5.26 Å². The molecular weight excluding hydrogens is 528 g/mol. The second-order valence-corrected chi connectivity index (χ2v) is 10.8. The van der Waals surface area contributed by atoms with Gasteiger partial charge < -0.3 is 13.6 Å². The van der Waals surface area contributed by atoms with Crippen molar-refractivity contribution < 1.29 is 4.42 Å². The fraction of sp³-hybridized carbons (Fsp3) is 0. The Kier molecular flexibility index (Phi) is 4.68. The molecule has 0 radical (unpaired) electrons. The monoisotopic (exact) mass is 548 g/mol. The first-order valence-electron chi connectivity index (χ1n) is 14.0. The lowest BCUT2D eigenvalue weighted by atomic mass is 10.1. The van der Waals surface area contributed by atoms with Gasteiger partial charge in [0, 0.05) is 49.8 Å². The lowest BCUT2D eigenvalue weighted by molar-refractivity contribution is 0.671. The van der Waals surface area contributed by atoms with Crippen LogP contribution >= 0.6 is 0 Å². The second kappa shape index (κ2) is 8.60. The maximum Gasteiger partial charge on any atom is 0.229 e. The Morgan fingerprint density at radius 1 is 0.558 bits per heavy atom. The zero-order chi connectivity index (χ0) is 28.7. The maximum absolute atomic E-state index is 9.56. The van der Waals surface area contributed by atoms with Crippen LogP contribution in [0.2, 0.25) is 0 Å². The number of benzene rings is 6. The molecule has 0 saturated heterocycles. The van der Waals surface area contributed by atoms with Gasteiger partial charge in [-0.3, -0.25) is 0 Å². The predicted octanol–water partition coefficient (Wildman–Crippen LogP) is 10.2. The van der Waals surface area contributed by atoms with E-state index in [0.29, 0.717) is 16.8 Å². The van der Waals surface area contributed by atoms with Crippen LogP contribution in [0.3, 0.4) is 0 Å². The lowest BCUT2D eigenvalue weighted by Crippen LogP contribution is -1.98. The van der Waals surface area contributed by atoms with Crippen molar-refractivity contribution in [1.82, 2.24) is 9.13 Å². The Balaban J connectivity index is 1.34. The molecule has 9 aromatic rings. The minimum atomic E-state index is 0.520. The van der Waals surface area contributed by atoms with Gasteiger partial charge in [0.15, 0.2) is 0 Å². The van der Waals surface area contributed by atoms with Crippen molar-refractivity contribution in [2.24, 2.45) is 0 Å². The molecule has 5 heteroatoms. The third-order valence-electron chi connectivity index (χ3n) is 8.54. The molecule has 5 nitrogen and oxygen atoms in total. The van der Waals surface area contributed by atoms with Crippen molar-refractivity contribution in [2.45, 2.75) is 0 Å². The van der Waals surface area contributed by atoms with Crippen LogP contribution in [0.15, 0.2) is 126 Å². The summed E-state index contributed by atoms with van der Waals surface area (Å²) in [6.45, 7) is 7.61. The fourth-order valence-electron chi connectivity index (χ4n) is 6.70. The summed E-state index contributed by atoms with van der Waals surface area (Å²) < 4.78 is 10.9. The van der Waals surface area contributed by atoms with Crippen LogP contribution in [-0.2, 0) is 0 Å².